The van der Waals surface area contributed by atoms with E-state index in [9.17, 15) is 13.2 Å². The van der Waals surface area contributed by atoms with Crippen LogP contribution >= 0.6 is 11.6 Å². The monoisotopic (exact) mass is 335 g/mol. The van der Waals surface area contributed by atoms with Gasteiger partial charge < -0.3 is 9.47 Å². The molecule has 120 valence electrons. The number of nitrogens with zero attached hydrogens (tertiary/aromatic N) is 5. The normalized spacial score (nSPS) is 17.4. The summed E-state index contributed by atoms with van der Waals surface area (Å²) in [6, 6.07) is 0. The van der Waals surface area contributed by atoms with E-state index >= 15 is 0 Å². The summed E-state index contributed by atoms with van der Waals surface area (Å²) < 4.78 is 42.5. The van der Waals surface area contributed by atoms with Crippen molar-refractivity contribution in [3.05, 3.63) is 11.6 Å². The molecule has 0 saturated carbocycles. The van der Waals surface area contributed by atoms with E-state index < -0.39 is 12.5 Å². The number of hydrogen-bond donors (Lipinski definition) is 0. The lowest BCUT2D eigenvalue weighted by atomic mass is 10.1. The van der Waals surface area contributed by atoms with E-state index in [4.69, 9.17) is 11.6 Å². The van der Waals surface area contributed by atoms with Crippen LogP contribution in [0.3, 0.4) is 0 Å². The van der Waals surface area contributed by atoms with Crippen LogP contribution in [-0.2, 0) is 11.8 Å². The minimum atomic E-state index is -4.60. The van der Waals surface area contributed by atoms with Crippen LogP contribution in [0.1, 0.15) is 12.8 Å². The van der Waals surface area contributed by atoms with E-state index in [0.29, 0.717) is 30.1 Å². The SMILES string of the molecule is Cn1cnc2c(N3CCC(OC(F)(F)F)CC3)nc(Cl)nc21. The van der Waals surface area contributed by atoms with Gasteiger partial charge in [-0.2, -0.15) is 9.97 Å². The zero-order chi connectivity index (χ0) is 15.9. The van der Waals surface area contributed by atoms with Gasteiger partial charge in [-0.05, 0) is 24.4 Å². The maximum absolute atomic E-state index is 12.2. The lowest BCUT2D eigenvalue weighted by molar-refractivity contribution is -0.344. The summed E-state index contributed by atoms with van der Waals surface area (Å²) in [5.41, 5.74) is 1.17. The zero-order valence-corrected chi connectivity index (χ0v) is 12.4. The van der Waals surface area contributed by atoms with Gasteiger partial charge >= 0.3 is 6.36 Å². The van der Waals surface area contributed by atoms with Gasteiger partial charge in [0, 0.05) is 20.1 Å². The molecule has 10 heteroatoms. The number of ether oxygens (including phenoxy) is 1. The molecule has 3 rings (SSSR count). The third kappa shape index (κ3) is 3.09. The molecule has 2 aromatic heterocycles. The number of rotatable bonds is 2. The van der Waals surface area contributed by atoms with Crippen molar-refractivity contribution in [2.75, 3.05) is 18.0 Å². The van der Waals surface area contributed by atoms with E-state index in [0.717, 1.165) is 0 Å². The van der Waals surface area contributed by atoms with Crippen molar-refractivity contribution < 1.29 is 17.9 Å². The van der Waals surface area contributed by atoms with Gasteiger partial charge in [0.15, 0.2) is 17.0 Å². The molecule has 0 aliphatic carbocycles. The summed E-state index contributed by atoms with van der Waals surface area (Å²) in [6.07, 6.45) is -3.31. The Morgan fingerprint density at radius 3 is 2.59 bits per heavy atom. The first-order valence-electron chi connectivity index (χ1n) is 6.67. The molecule has 2 aromatic rings. The number of alkyl halides is 3. The molecule has 0 amide bonds. The van der Waals surface area contributed by atoms with Crippen molar-refractivity contribution in [1.29, 1.82) is 0 Å². The first-order chi connectivity index (χ1) is 10.3. The van der Waals surface area contributed by atoms with Gasteiger partial charge in [-0.25, -0.2) is 4.98 Å². The molecule has 0 radical (unpaired) electrons. The Bertz CT molecular complexity index is 681. The van der Waals surface area contributed by atoms with E-state index in [2.05, 4.69) is 19.7 Å². The highest BCUT2D eigenvalue weighted by atomic mass is 35.5. The first-order valence-corrected chi connectivity index (χ1v) is 7.05. The number of fused-ring (bicyclic) bond motifs is 1. The average Bonchev–Trinajstić information content (AvgIpc) is 2.79. The highest BCUT2D eigenvalue weighted by Crippen LogP contribution is 2.29. The van der Waals surface area contributed by atoms with Crippen LogP contribution in [0.2, 0.25) is 5.28 Å². The Morgan fingerprint density at radius 2 is 1.95 bits per heavy atom. The van der Waals surface area contributed by atoms with Gasteiger partial charge in [-0.3, -0.25) is 4.74 Å². The van der Waals surface area contributed by atoms with E-state index in [1.165, 1.54) is 0 Å². The molecule has 6 nitrogen and oxygen atoms in total. The summed E-state index contributed by atoms with van der Waals surface area (Å²) in [6.45, 7) is 0.777. The number of hydrogen-bond acceptors (Lipinski definition) is 5. The Hall–Kier alpha value is -1.61. The molecule has 1 aliphatic heterocycles. The zero-order valence-electron chi connectivity index (χ0n) is 11.6. The fourth-order valence-electron chi connectivity index (χ4n) is 2.56. The Labute approximate surface area is 128 Å². The van der Waals surface area contributed by atoms with Crippen molar-refractivity contribution in [1.82, 2.24) is 19.5 Å². The summed E-state index contributed by atoms with van der Waals surface area (Å²) in [4.78, 5) is 14.4. The van der Waals surface area contributed by atoms with Gasteiger partial charge in [0.25, 0.3) is 0 Å². The fraction of sp³-hybridized carbons (Fsp3) is 0.583. The van der Waals surface area contributed by atoms with Crippen LogP contribution in [0.5, 0.6) is 0 Å². The molecule has 3 heterocycles. The quantitative estimate of drug-likeness (QED) is 0.789. The van der Waals surface area contributed by atoms with Gasteiger partial charge in [0.2, 0.25) is 5.28 Å². The molecular formula is C12H13ClF3N5O. The van der Waals surface area contributed by atoms with Crippen LogP contribution in [0, 0.1) is 0 Å². The molecule has 1 fully saturated rings. The Kier molecular flexibility index (Phi) is 3.85. The molecule has 0 N–H and O–H groups in total. The van der Waals surface area contributed by atoms with Crippen molar-refractivity contribution in [2.24, 2.45) is 7.05 Å². The van der Waals surface area contributed by atoms with Crippen LogP contribution in [0.25, 0.3) is 11.2 Å². The molecule has 1 saturated heterocycles. The number of piperidine rings is 1. The lowest BCUT2D eigenvalue weighted by Gasteiger charge is -2.32. The van der Waals surface area contributed by atoms with Crippen LogP contribution < -0.4 is 4.90 Å². The average molecular weight is 336 g/mol. The van der Waals surface area contributed by atoms with E-state index in [1.807, 2.05) is 4.90 Å². The summed E-state index contributed by atoms with van der Waals surface area (Å²) >= 11 is 5.92. The fourth-order valence-corrected chi connectivity index (χ4v) is 2.72. The van der Waals surface area contributed by atoms with Crippen LogP contribution in [-0.4, -0.2) is 45.1 Å². The second kappa shape index (κ2) is 5.54. The molecule has 1 aliphatic rings. The highest BCUT2D eigenvalue weighted by molar-refractivity contribution is 6.28. The molecule has 0 aromatic carbocycles. The maximum atomic E-state index is 12.2. The van der Waals surface area contributed by atoms with Gasteiger partial charge in [0.1, 0.15) is 0 Å². The predicted octanol–water partition coefficient (Wildman–Crippen LogP) is 2.52. The number of aromatic nitrogens is 4. The first kappa shape index (κ1) is 15.3. The molecule has 0 spiro atoms. The number of aryl methyl sites for hydroxylation is 1. The molecule has 0 atom stereocenters. The van der Waals surface area contributed by atoms with Crippen molar-refractivity contribution in [3.8, 4) is 0 Å². The number of anilines is 1. The number of halogens is 4. The minimum absolute atomic E-state index is 0.0831. The van der Waals surface area contributed by atoms with Crippen LogP contribution in [0.15, 0.2) is 6.33 Å². The molecule has 0 unspecified atom stereocenters. The largest absolute Gasteiger partial charge is 0.522 e. The van der Waals surface area contributed by atoms with E-state index in [-0.39, 0.29) is 18.1 Å². The Morgan fingerprint density at radius 1 is 1.27 bits per heavy atom. The summed E-state index contributed by atoms with van der Waals surface area (Å²) in [5, 5.41) is 0.0831. The van der Waals surface area contributed by atoms with Gasteiger partial charge in [0.05, 0.1) is 12.4 Å². The lowest BCUT2D eigenvalue weighted by Crippen LogP contribution is -2.39. The molecular weight excluding hydrogens is 323 g/mol. The van der Waals surface area contributed by atoms with Crippen molar-refractivity contribution in [2.45, 2.75) is 25.3 Å². The van der Waals surface area contributed by atoms with Gasteiger partial charge in [-0.15, -0.1) is 13.2 Å². The van der Waals surface area contributed by atoms with Crippen molar-refractivity contribution in [3.63, 3.8) is 0 Å². The maximum Gasteiger partial charge on any atom is 0.522 e. The molecule has 0 bridgehead atoms. The molecule has 22 heavy (non-hydrogen) atoms. The predicted molar refractivity (Wildman–Crippen MR) is 73.7 cm³/mol. The second-order valence-electron chi connectivity index (χ2n) is 5.09. The minimum Gasteiger partial charge on any atom is -0.354 e. The standard InChI is InChI=1S/C12H13ClF3N5O/c1-20-6-17-8-9(20)18-11(13)19-10(8)21-4-2-7(3-5-21)22-12(14,15)16/h6-7H,2-5H2,1H3. The summed E-state index contributed by atoms with van der Waals surface area (Å²) in [7, 11) is 1.78. The van der Waals surface area contributed by atoms with Crippen molar-refractivity contribution >= 4 is 28.6 Å². The van der Waals surface area contributed by atoms with E-state index in [1.54, 1.807) is 17.9 Å². The third-order valence-corrected chi connectivity index (χ3v) is 3.72. The van der Waals surface area contributed by atoms with Gasteiger partial charge in [-0.1, -0.05) is 0 Å². The Balaban J connectivity index is 1.79. The smallest absolute Gasteiger partial charge is 0.354 e. The summed E-state index contributed by atoms with van der Waals surface area (Å²) in [5.74, 6) is 0.543. The number of imidazole rings is 1. The third-order valence-electron chi connectivity index (χ3n) is 3.56. The second-order valence-corrected chi connectivity index (χ2v) is 5.43. The topological polar surface area (TPSA) is 56.1 Å². The highest BCUT2D eigenvalue weighted by Gasteiger charge is 2.35. The van der Waals surface area contributed by atoms with Crippen LogP contribution in [0.4, 0.5) is 19.0 Å².